The Kier molecular flexibility index (Phi) is 4.83. The molecule has 110 valence electrons. The average molecular weight is 300 g/mol. The van der Waals surface area contributed by atoms with Crippen molar-refractivity contribution in [2.75, 3.05) is 11.9 Å². The molecule has 0 unspecified atom stereocenters. The van der Waals surface area contributed by atoms with Gasteiger partial charge in [0.1, 0.15) is 11.3 Å². The molecule has 0 aliphatic rings. The highest BCUT2D eigenvalue weighted by atomic mass is 32.1. The van der Waals surface area contributed by atoms with E-state index in [1.165, 1.54) is 12.4 Å². The van der Waals surface area contributed by atoms with Gasteiger partial charge in [-0.3, -0.25) is 9.69 Å². The van der Waals surface area contributed by atoms with Gasteiger partial charge < -0.3 is 9.84 Å². The highest BCUT2D eigenvalue weighted by Crippen LogP contribution is 2.22. The maximum atomic E-state index is 11.9. The number of aliphatic carboxylic acids is 1. The normalized spacial score (nSPS) is 11.0. The molecule has 0 atom stereocenters. The zero-order valence-corrected chi connectivity index (χ0v) is 12.5. The van der Waals surface area contributed by atoms with Crippen molar-refractivity contribution in [3.05, 3.63) is 11.1 Å². The topological polar surface area (TPSA) is 96.8 Å². The van der Waals surface area contributed by atoms with Crippen LogP contribution in [0.1, 0.15) is 37.7 Å². The van der Waals surface area contributed by atoms with Crippen LogP contribution in [-0.2, 0) is 9.53 Å². The standard InChI is InChI=1S/C12H16N2O5S/c1-5-12(2,3)19-11(18)14(4)10-13-7(6-20-10)8(15)9(16)17/h6H,5H2,1-4H3,(H,16,17). The summed E-state index contributed by atoms with van der Waals surface area (Å²) in [6, 6.07) is 0. The zero-order chi connectivity index (χ0) is 15.5. The van der Waals surface area contributed by atoms with Gasteiger partial charge in [-0.25, -0.2) is 14.6 Å². The van der Waals surface area contributed by atoms with Crippen LogP contribution < -0.4 is 4.90 Å². The lowest BCUT2D eigenvalue weighted by Crippen LogP contribution is -2.35. The zero-order valence-electron chi connectivity index (χ0n) is 11.7. The van der Waals surface area contributed by atoms with E-state index in [1.807, 2.05) is 6.92 Å². The third-order valence-electron chi connectivity index (χ3n) is 2.69. The number of rotatable bonds is 5. The molecule has 1 rings (SSSR count). The molecular weight excluding hydrogens is 284 g/mol. The number of Topliss-reactive ketones (excluding diaryl/α,β-unsaturated/α-hetero) is 1. The van der Waals surface area contributed by atoms with Crippen LogP contribution >= 0.6 is 11.3 Å². The first kappa shape index (κ1) is 16.1. The van der Waals surface area contributed by atoms with Crippen molar-refractivity contribution in [3.8, 4) is 0 Å². The number of carboxylic acid groups (broad SMARTS) is 1. The van der Waals surface area contributed by atoms with Crippen LogP contribution in [0.15, 0.2) is 5.38 Å². The molecule has 0 fully saturated rings. The number of aromatic nitrogens is 1. The number of carbonyl (C=O) groups excluding carboxylic acids is 2. The first-order valence-corrected chi connectivity index (χ1v) is 6.75. The molecule has 0 aliphatic heterocycles. The molecule has 1 heterocycles. The molecule has 0 aliphatic carbocycles. The summed E-state index contributed by atoms with van der Waals surface area (Å²) >= 11 is 0.995. The Labute approximate surface area is 120 Å². The first-order valence-electron chi connectivity index (χ1n) is 5.88. The molecule has 0 saturated heterocycles. The maximum Gasteiger partial charge on any atom is 0.416 e. The van der Waals surface area contributed by atoms with Crippen molar-refractivity contribution >= 4 is 34.3 Å². The summed E-state index contributed by atoms with van der Waals surface area (Å²) in [5.41, 5.74) is -0.811. The second-order valence-corrected chi connectivity index (χ2v) is 5.53. The van der Waals surface area contributed by atoms with Crippen LogP contribution in [0.25, 0.3) is 0 Å². The van der Waals surface area contributed by atoms with E-state index in [9.17, 15) is 14.4 Å². The van der Waals surface area contributed by atoms with Crippen molar-refractivity contribution in [2.24, 2.45) is 0 Å². The lowest BCUT2D eigenvalue weighted by Gasteiger charge is -2.25. The largest absolute Gasteiger partial charge is 0.475 e. The van der Waals surface area contributed by atoms with Gasteiger partial charge in [0.15, 0.2) is 5.13 Å². The number of hydrogen-bond acceptors (Lipinski definition) is 6. The van der Waals surface area contributed by atoms with E-state index >= 15 is 0 Å². The predicted molar refractivity (Wildman–Crippen MR) is 73.3 cm³/mol. The summed E-state index contributed by atoms with van der Waals surface area (Å²) in [6.45, 7) is 5.44. The number of carbonyl (C=O) groups is 3. The van der Waals surface area contributed by atoms with Gasteiger partial charge in [0.2, 0.25) is 0 Å². The predicted octanol–water partition coefficient (Wildman–Crippen LogP) is 2.17. The molecule has 1 amide bonds. The van der Waals surface area contributed by atoms with Crippen molar-refractivity contribution in [2.45, 2.75) is 32.8 Å². The van der Waals surface area contributed by atoms with Crippen molar-refractivity contribution < 1.29 is 24.2 Å². The molecular formula is C12H16N2O5S. The van der Waals surface area contributed by atoms with Crippen molar-refractivity contribution in [1.29, 1.82) is 0 Å². The van der Waals surface area contributed by atoms with Gasteiger partial charge in [-0.1, -0.05) is 6.92 Å². The van der Waals surface area contributed by atoms with Gasteiger partial charge in [-0.05, 0) is 20.3 Å². The van der Waals surface area contributed by atoms with Gasteiger partial charge in [-0.15, -0.1) is 11.3 Å². The fourth-order valence-corrected chi connectivity index (χ4v) is 1.85. The summed E-state index contributed by atoms with van der Waals surface area (Å²) in [4.78, 5) is 38.6. The highest BCUT2D eigenvalue weighted by molar-refractivity contribution is 7.14. The molecule has 0 saturated carbocycles. The number of hydrogen-bond donors (Lipinski definition) is 1. The number of amides is 1. The summed E-state index contributed by atoms with van der Waals surface area (Å²) in [5, 5.41) is 10.1. The molecule has 1 N–H and O–H groups in total. The maximum absolute atomic E-state index is 11.9. The Morgan fingerprint density at radius 3 is 2.55 bits per heavy atom. The molecule has 0 radical (unpaired) electrons. The van der Waals surface area contributed by atoms with Gasteiger partial charge in [0.25, 0.3) is 5.78 Å². The van der Waals surface area contributed by atoms with Crippen molar-refractivity contribution in [3.63, 3.8) is 0 Å². The number of ketones is 1. The van der Waals surface area contributed by atoms with E-state index in [0.29, 0.717) is 6.42 Å². The second kappa shape index (κ2) is 6.00. The molecule has 1 aromatic rings. The smallest absolute Gasteiger partial charge is 0.416 e. The molecule has 0 bridgehead atoms. The van der Waals surface area contributed by atoms with Crippen LogP contribution in [0.4, 0.5) is 9.93 Å². The van der Waals surface area contributed by atoms with E-state index in [0.717, 1.165) is 16.2 Å². The molecule has 0 aromatic carbocycles. The molecule has 8 heteroatoms. The lowest BCUT2D eigenvalue weighted by molar-refractivity contribution is -0.131. The number of anilines is 1. The first-order chi connectivity index (χ1) is 9.18. The monoisotopic (exact) mass is 300 g/mol. The fourth-order valence-electron chi connectivity index (χ4n) is 1.09. The third kappa shape index (κ3) is 3.77. The Bertz CT molecular complexity index is 538. The van der Waals surface area contributed by atoms with Gasteiger partial charge in [0.05, 0.1) is 0 Å². The summed E-state index contributed by atoms with van der Waals surface area (Å²) in [6.07, 6.45) is 0.0354. The van der Waals surface area contributed by atoms with Gasteiger partial charge in [-0.2, -0.15) is 0 Å². The summed E-state index contributed by atoms with van der Waals surface area (Å²) in [5.74, 6) is -2.69. The number of thiazole rings is 1. The lowest BCUT2D eigenvalue weighted by atomic mass is 10.1. The van der Waals surface area contributed by atoms with E-state index in [4.69, 9.17) is 9.84 Å². The second-order valence-electron chi connectivity index (χ2n) is 4.69. The van der Waals surface area contributed by atoms with E-state index < -0.39 is 23.4 Å². The van der Waals surface area contributed by atoms with Crippen LogP contribution in [0.3, 0.4) is 0 Å². The SMILES string of the molecule is CCC(C)(C)OC(=O)N(C)c1nc(C(=O)C(=O)O)cs1. The average Bonchev–Trinajstić information content (AvgIpc) is 2.85. The Morgan fingerprint density at radius 1 is 1.45 bits per heavy atom. The molecule has 7 nitrogen and oxygen atoms in total. The van der Waals surface area contributed by atoms with E-state index in [2.05, 4.69) is 4.98 Å². The molecule has 20 heavy (non-hydrogen) atoms. The summed E-state index contributed by atoms with van der Waals surface area (Å²) in [7, 11) is 1.45. The molecule has 1 aromatic heterocycles. The fraction of sp³-hybridized carbons (Fsp3) is 0.500. The van der Waals surface area contributed by atoms with E-state index in [1.54, 1.807) is 13.8 Å². The highest BCUT2D eigenvalue weighted by Gasteiger charge is 2.26. The van der Waals surface area contributed by atoms with Gasteiger partial charge in [0, 0.05) is 12.4 Å². The molecule has 0 spiro atoms. The third-order valence-corrected chi connectivity index (χ3v) is 3.61. The van der Waals surface area contributed by atoms with Gasteiger partial charge >= 0.3 is 12.1 Å². The van der Waals surface area contributed by atoms with E-state index in [-0.39, 0.29) is 10.8 Å². The number of nitrogens with zero attached hydrogens (tertiary/aromatic N) is 2. The quantitative estimate of drug-likeness (QED) is 0.661. The summed E-state index contributed by atoms with van der Waals surface area (Å²) < 4.78 is 5.27. The van der Waals surface area contributed by atoms with Crippen molar-refractivity contribution in [1.82, 2.24) is 4.98 Å². The minimum absolute atomic E-state index is 0.200. The Morgan fingerprint density at radius 2 is 2.05 bits per heavy atom. The van der Waals surface area contributed by atoms with Crippen LogP contribution in [0, 0.1) is 0 Å². The minimum Gasteiger partial charge on any atom is -0.475 e. The van der Waals surface area contributed by atoms with Crippen LogP contribution in [-0.4, -0.2) is 40.6 Å². The Balaban J connectivity index is 2.83. The number of carboxylic acids is 1. The van der Waals surface area contributed by atoms with Crippen LogP contribution in [0.5, 0.6) is 0 Å². The Hall–Kier alpha value is -1.96. The minimum atomic E-state index is -1.58. The van der Waals surface area contributed by atoms with Crippen LogP contribution in [0.2, 0.25) is 0 Å². The number of ether oxygens (including phenoxy) is 1.